The van der Waals surface area contributed by atoms with Crippen LogP contribution in [-0.4, -0.2) is 15.8 Å². The molecule has 3 nitrogen and oxygen atoms in total. The first-order valence-electron chi connectivity index (χ1n) is 13.8. The Kier molecular flexibility index (Phi) is 7.46. The molecule has 2 aromatic heterocycles. The fourth-order valence-electron chi connectivity index (χ4n) is 6.12. The van der Waals surface area contributed by atoms with Crippen molar-refractivity contribution >= 4 is 11.9 Å². The molecule has 186 valence electrons. The number of aromatic nitrogens is 2. The number of nitrogens with zero attached hydrogens (tertiary/aromatic N) is 2. The highest BCUT2D eigenvalue weighted by atomic mass is 16.1. The highest BCUT2D eigenvalue weighted by molar-refractivity contribution is 6.04. The average molecular weight is 479 g/mol. The van der Waals surface area contributed by atoms with Crippen LogP contribution in [0.1, 0.15) is 108 Å². The van der Waals surface area contributed by atoms with Gasteiger partial charge >= 0.3 is 0 Å². The zero-order chi connectivity index (χ0) is 25.1. The molecule has 2 aliphatic rings. The van der Waals surface area contributed by atoms with Gasteiger partial charge in [-0.05, 0) is 91.8 Å². The number of fused-ring (bicyclic) bond motifs is 1. The fourth-order valence-corrected chi connectivity index (χ4v) is 6.12. The lowest BCUT2D eigenvalue weighted by molar-refractivity contribution is 0.0993. The van der Waals surface area contributed by atoms with Gasteiger partial charge in [0.05, 0.1) is 11.4 Å². The Balaban J connectivity index is 1.39. The third-order valence-electron chi connectivity index (χ3n) is 8.17. The van der Waals surface area contributed by atoms with Crippen LogP contribution in [0.4, 0.5) is 0 Å². The number of allylic oxidation sites excluding steroid dienone is 1. The largest absolute Gasteiger partial charge is 0.294 e. The lowest BCUT2D eigenvalue weighted by atomic mass is 9.76. The first kappa shape index (κ1) is 24.6. The van der Waals surface area contributed by atoms with Crippen molar-refractivity contribution in [2.75, 3.05) is 0 Å². The number of unbranched alkanes of at least 4 members (excludes halogenated alkanes) is 1. The van der Waals surface area contributed by atoms with E-state index < -0.39 is 0 Å². The van der Waals surface area contributed by atoms with Crippen molar-refractivity contribution in [3.63, 3.8) is 0 Å². The molecule has 3 heteroatoms. The minimum absolute atomic E-state index is 0.164. The van der Waals surface area contributed by atoms with E-state index in [9.17, 15) is 4.79 Å². The molecule has 0 aliphatic heterocycles. The second-order valence-electron chi connectivity index (χ2n) is 10.9. The number of hydrogen-bond acceptors (Lipinski definition) is 3. The van der Waals surface area contributed by atoms with E-state index in [4.69, 9.17) is 4.98 Å². The van der Waals surface area contributed by atoms with Crippen LogP contribution in [0.15, 0.2) is 48.7 Å². The van der Waals surface area contributed by atoms with E-state index in [0.717, 1.165) is 39.7 Å². The number of rotatable bonds is 7. The predicted molar refractivity (Wildman–Crippen MR) is 148 cm³/mol. The molecule has 0 bridgehead atoms. The minimum atomic E-state index is 0.164. The maximum Gasteiger partial charge on any atom is 0.169 e. The third-order valence-corrected chi connectivity index (χ3v) is 8.17. The molecule has 1 fully saturated rings. The van der Waals surface area contributed by atoms with Crippen LogP contribution in [0, 0.1) is 19.8 Å². The van der Waals surface area contributed by atoms with Gasteiger partial charge < -0.3 is 0 Å². The van der Waals surface area contributed by atoms with E-state index in [1.54, 1.807) is 0 Å². The van der Waals surface area contributed by atoms with Gasteiger partial charge in [0.2, 0.25) is 0 Å². The molecule has 36 heavy (non-hydrogen) atoms. The Morgan fingerprint density at radius 3 is 2.56 bits per heavy atom. The predicted octanol–water partition coefficient (Wildman–Crippen LogP) is 8.41. The maximum absolute atomic E-state index is 12.9. The number of carbonyl (C=O) groups is 1. The summed E-state index contributed by atoms with van der Waals surface area (Å²) in [6.07, 6.45) is 16.5. The van der Waals surface area contributed by atoms with E-state index in [2.05, 4.69) is 49.2 Å². The van der Waals surface area contributed by atoms with Crippen LogP contribution < -0.4 is 0 Å². The number of hydrogen-bond donors (Lipinski definition) is 0. The van der Waals surface area contributed by atoms with E-state index in [1.165, 1.54) is 61.6 Å². The first-order chi connectivity index (χ1) is 17.5. The molecule has 3 aromatic rings. The Morgan fingerprint density at radius 1 is 1.00 bits per heavy atom. The van der Waals surface area contributed by atoms with E-state index in [1.807, 2.05) is 31.3 Å². The highest BCUT2D eigenvalue weighted by Gasteiger charge is 2.24. The molecule has 0 atom stereocenters. The SMILES string of the molecule is CCCCC1CCC(c2ccc(Cc3nc(-c4ccc(C)nc4)cc4c3C(=O)CC=C4)cc2C)CC1. The monoisotopic (exact) mass is 478 g/mol. The topological polar surface area (TPSA) is 42.9 Å². The zero-order valence-corrected chi connectivity index (χ0v) is 22.0. The summed E-state index contributed by atoms with van der Waals surface area (Å²) >= 11 is 0. The molecule has 1 aromatic carbocycles. The smallest absolute Gasteiger partial charge is 0.169 e. The number of aryl methyl sites for hydroxylation is 2. The zero-order valence-electron chi connectivity index (χ0n) is 22.0. The summed E-state index contributed by atoms with van der Waals surface area (Å²) in [6, 6.07) is 13.0. The number of ketones is 1. The van der Waals surface area contributed by atoms with Gasteiger partial charge in [-0.15, -0.1) is 0 Å². The summed E-state index contributed by atoms with van der Waals surface area (Å²) in [7, 11) is 0. The Morgan fingerprint density at radius 2 is 1.83 bits per heavy atom. The Labute approximate surface area is 216 Å². The van der Waals surface area contributed by atoms with Gasteiger partial charge in [0, 0.05) is 35.9 Å². The Hall–Kier alpha value is -3.07. The van der Waals surface area contributed by atoms with E-state index in [0.29, 0.717) is 18.8 Å². The summed E-state index contributed by atoms with van der Waals surface area (Å²) in [6.45, 7) is 6.54. The molecule has 2 heterocycles. The quantitative estimate of drug-likeness (QED) is 0.342. The number of benzene rings is 1. The molecule has 0 N–H and O–H groups in total. The number of carbonyl (C=O) groups excluding carboxylic acids is 1. The number of pyridine rings is 2. The van der Waals surface area contributed by atoms with Crippen molar-refractivity contribution in [2.45, 2.75) is 84.5 Å². The lowest BCUT2D eigenvalue weighted by Gasteiger charge is -2.30. The van der Waals surface area contributed by atoms with Crippen LogP contribution in [0.5, 0.6) is 0 Å². The third kappa shape index (κ3) is 5.36. The highest BCUT2D eigenvalue weighted by Crippen LogP contribution is 2.39. The van der Waals surface area contributed by atoms with Crippen molar-refractivity contribution in [3.05, 3.63) is 87.9 Å². The summed E-state index contributed by atoms with van der Waals surface area (Å²) < 4.78 is 0. The molecule has 5 rings (SSSR count). The molecule has 0 radical (unpaired) electrons. The van der Waals surface area contributed by atoms with Crippen LogP contribution in [0.2, 0.25) is 0 Å². The van der Waals surface area contributed by atoms with Gasteiger partial charge in [-0.2, -0.15) is 0 Å². The van der Waals surface area contributed by atoms with Gasteiger partial charge in [0.1, 0.15) is 0 Å². The normalized spacial score (nSPS) is 19.4. The van der Waals surface area contributed by atoms with Crippen LogP contribution >= 0.6 is 0 Å². The molecule has 0 unspecified atom stereocenters. The molecule has 1 saturated carbocycles. The summed E-state index contributed by atoms with van der Waals surface area (Å²) in [4.78, 5) is 22.4. The van der Waals surface area contributed by atoms with Gasteiger partial charge in [0.25, 0.3) is 0 Å². The first-order valence-corrected chi connectivity index (χ1v) is 13.8. The van der Waals surface area contributed by atoms with Crippen molar-refractivity contribution in [1.29, 1.82) is 0 Å². The molecule has 0 spiro atoms. The van der Waals surface area contributed by atoms with Crippen molar-refractivity contribution in [3.8, 4) is 11.3 Å². The molecule has 0 saturated heterocycles. The maximum atomic E-state index is 12.9. The van der Waals surface area contributed by atoms with Crippen molar-refractivity contribution < 1.29 is 4.79 Å². The molecular weight excluding hydrogens is 440 g/mol. The van der Waals surface area contributed by atoms with Crippen LogP contribution in [0.25, 0.3) is 17.3 Å². The van der Waals surface area contributed by atoms with Crippen LogP contribution in [-0.2, 0) is 6.42 Å². The summed E-state index contributed by atoms with van der Waals surface area (Å²) in [5, 5.41) is 0. The minimum Gasteiger partial charge on any atom is -0.294 e. The van der Waals surface area contributed by atoms with E-state index >= 15 is 0 Å². The van der Waals surface area contributed by atoms with Gasteiger partial charge in [0.15, 0.2) is 5.78 Å². The second-order valence-corrected chi connectivity index (χ2v) is 10.9. The molecule has 0 amide bonds. The fraction of sp³-hybridized carbons (Fsp3) is 0.424. The standard InChI is InChI=1S/C33H38N2O/c1-4-5-7-24-11-15-26(16-12-24)29-17-13-25(18-22(29)2)19-31-33-27(8-6-9-32(33)36)20-30(35-31)28-14-10-23(3)34-21-28/h6,8,10,13-14,17-18,20-21,24,26H,4-5,7,9,11-12,15-16,19H2,1-3H3. The van der Waals surface area contributed by atoms with E-state index in [-0.39, 0.29) is 5.78 Å². The summed E-state index contributed by atoms with van der Waals surface area (Å²) in [5.74, 6) is 1.78. The molecular formula is C33H38N2O. The number of Topliss-reactive ketones (excluding diaryl/α,β-unsaturated/α-hetero) is 1. The van der Waals surface area contributed by atoms with Crippen LogP contribution in [0.3, 0.4) is 0 Å². The van der Waals surface area contributed by atoms with Gasteiger partial charge in [-0.1, -0.05) is 56.5 Å². The van der Waals surface area contributed by atoms with Gasteiger partial charge in [-0.25, -0.2) is 0 Å². The van der Waals surface area contributed by atoms with Crippen molar-refractivity contribution in [1.82, 2.24) is 9.97 Å². The summed E-state index contributed by atoms with van der Waals surface area (Å²) in [5.41, 5.74) is 9.60. The second kappa shape index (κ2) is 10.9. The average Bonchev–Trinajstić information content (AvgIpc) is 2.88. The van der Waals surface area contributed by atoms with Gasteiger partial charge in [-0.3, -0.25) is 14.8 Å². The lowest BCUT2D eigenvalue weighted by Crippen LogP contribution is -2.14. The van der Waals surface area contributed by atoms with Crippen molar-refractivity contribution in [2.24, 2.45) is 5.92 Å². The molecule has 2 aliphatic carbocycles. The Bertz CT molecular complexity index is 1260.